The van der Waals surface area contributed by atoms with Gasteiger partial charge in [-0.1, -0.05) is 11.8 Å². The van der Waals surface area contributed by atoms with Crippen molar-refractivity contribution >= 4 is 5.91 Å². The molecule has 0 aliphatic carbocycles. The largest absolute Gasteiger partial charge is 0.396 e. The summed E-state index contributed by atoms with van der Waals surface area (Å²) in [5, 5.41) is 17.7. The Kier molecular flexibility index (Phi) is 5.73. The summed E-state index contributed by atoms with van der Waals surface area (Å²) in [6.45, 7) is 1.58. The summed E-state index contributed by atoms with van der Waals surface area (Å²) in [6.07, 6.45) is 5.22. The molecule has 1 fully saturated rings. The highest BCUT2D eigenvalue weighted by molar-refractivity contribution is 5.96. The Morgan fingerprint density at radius 2 is 2.29 bits per heavy atom. The van der Waals surface area contributed by atoms with Crippen LogP contribution in [0.1, 0.15) is 35.2 Å². The van der Waals surface area contributed by atoms with Crippen molar-refractivity contribution in [2.45, 2.75) is 19.3 Å². The van der Waals surface area contributed by atoms with E-state index in [1.165, 1.54) is 0 Å². The van der Waals surface area contributed by atoms with Gasteiger partial charge in [0, 0.05) is 38.5 Å². The summed E-state index contributed by atoms with van der Waals surface area (Å²) >= 11 is 0. The van der Waals surface area contributed by atoms with Crippen LogP contribution in [0.2, 0.25) is 0 Å². The maximum Gasteiger partial charge on any atom is 0.255 e. The maximum absolute atomic E-state index is 12.6. The Morgan fingerprint density at radius 1 is 1.43 bits per heavy atom. The van der Waals surface area contributed by atoms with E-state index in [1.807, 2.05) is 4.90 Å². The number of hydrogen-bond acceptors (Lipinski definition) is 4. The zero-order chi connectivity index (χ0) is 15.1. The average Bonchev–Trinajstić information content (AvgIpc) is 2.96. The highest BCUT2D eigenvalue weighted by Gasteiger charge is 2.27. The Hall–Kier alpha value is -1.90. The van der Waals surface area contributed by atoms with E-state index in [1.54, 1.807) is 18.5 Å². The first kappa shape index (κ1) is 15.5. The first-order chi connectivity index (χ1) is 10.3. The highest BCUT2D eigenvalue weighted by Crippen LogP contribution is 2.21. The molecule has 21 heavy (non-hydrogen) atoms. The first-order valence-electron chi connectivity index (χ1n) is 7.20. The van der Waals surface area contributed by atoms with Crippen LogP contribution in [0.5, 0.6) is 0 Å². The van der Waals surface area contributed by atoms with Crippen molar-refractivity contribution in [2.24, 2.45) is 5.92 Å². The van der Waals surface area contributed by atoms with Crippen LogP contribution in [0, 0.1) is 17.8 Å². The fourth-order valence-electron chi connectivity index (χ4n) is 2.50. The molecule has 2 heterocycles. The summed E-state index contributed by atoms with van der Waals surface area (Å²) in [5.74, 6) is 6.06. The minimum Gasteiger partial charge on any atom is -0.396 e. The lowest BCUT2D eigenvalue weighted by molar-refractivity contribution is 0.0784. The molecule has 2 N–H and O–H groups in total. The van der Waals surface area contributed by atoms with Gasteiger partial charge in [-0.15, -0.1) is 0 Å². The van der Waals surface area contributed by atoms with Crippen LogP contribution in [0.3, 0.4) is 0 Å². The van der Waals surface area contributed by atoms with Crippen molar-refractivity contribution < 1.29 is 15.0 Å². The van der Waals surface area contributed by atoms with Crippen molar-refractivity contribution in [3.05, 3.63) is 29.6 Å². The third-order valence-corrected chi connectivity index (χ3v) is 3.62. The molecule has 0 aromatic carbocycles. The summed E-state index contributed by atoms with van der Waals surface area (Å²) in [7, 11) is 0. The van der Waals surface area contributed by atoms with E-state index in [0.717, 1.165) is 19.4 Å². The Bertz CT molecular complexity index is 548. The van der Waals surface area contributed by atoms with E-state index in [0.29, 0.717) is 30.0 Å². The van der Waals surface area contributed by atoms with Crippen LogP contribution < -0.4 is 0 Å². The molecule has 1 aliphatic heterocycles. The van der Waals surface area contributed by atoms with E-state index in [2.05, 4.69) is 16.8 Å². The van der Waals surface area contributed by atoms with E-state index in [9.17, 15) is 4.79 Å². The molecule has 0 saturated carbocycles. The van der Waals surface area contributed by atoms with Gasteiger partial charge >= 0.3 is 0 Å². The second-order valence-electron chi connectivity index (χ2n) is 5.11. The number of aliphatic hydroxyl groups is 2. The number of pyridine rings is 1. The number of likely N-dealkylation sites (tertiary alicyclic amines) is 1. The van der Waals surface area contributed by atoms with Gasteiger partial charge in [0.15, 0.2) is 0 Å². The number of amides is 1. The second-order valence-corrected chi connectivity index (χ2v) is 5.11. The highest BCUT2D eigenvalue weighted by atomic mass is 16.3. The standard InChI is InChI=1S/C16H20N2O3/c19-9-2-1-3-14-11-17-7-4-15(14)16(21)18-8-5-13(12-18)6-10-20/h4,7,11,13,19-20H,2,5-6,8-10,12H2. The van der Waals surface area contributed by atoms with Crippen molar-refractivity contribution in [3.63, 3.8) is 0 Å². The maximum atomic E-state index is 12.6. The van der Waals surface area contributed by atoms with E-state index in [-0.39, 0.29) is 19.1 Å². The molecule has 5 heteroatoms. The molecule has 1 atom stereocenters. The lowest BCUT2D eigenvalue weighted by Crippen LogP contribution is -2.29. The SMILES string of the molecule is O=C(c1ccncc1C#CCCO)N1CCC(CCO)C1. The van der Waals surface area contributed by atoms with Crippen LogP contribution in [-0.2, 0) is 0 Å². The zero-order valence-corrected chi connectivity index (χ0v) is 12.0. The van der Waals surface area contributed by atoms with E-state index >= 15 is 0 Å². The molecule has 2 rings (SSSR count). The molecule has 0 spiro atoms. The van der Waals surface area contributed by atoms with Crippen LogP contribution in [-0.4, -0.2) is 52.3 Å². The number of nitrogens with zero attached hydrogens (tertiary/aromatic N) is 2. The molecule has 1 amide bonds. The molecule has 1 aromatic heterocycles. The number of carbonyl (C=O) groups is 1. The molecule has 1 aromatic rings. The predicted molar refractivity (Wildman–Crippen MR) is 78.5 cm³/mol. The molecule has 5 nitrogen and oxygen atoms in total. The van der Waals surface area contributed by atoms with E-state index < -0.39 is 0 Å². The summed E-state index contributed by atoms with van der Waals surface area (Å²) in [4.78, 5) is 18.4. The zero-order valence-electron chi connectivity index (χ0n) is 12.0. The topological polar surface area (TPSA) is 73.7 Å². The predicted octanol–water partition coefficient (Wildman–Crippen LogP) is 0.660. The van der Waals surface area contributed by atoms with Crippen molar-refractivity contribution in [1.82, 2.24) is 9.88 Å². The van der Waals surface area contributed by atoms with Gasteiger partial charge in [0.05, 0.1) is 17.7 Å². The van der Waals surface area contributed by atoms with Crippen LogP contribution in [0.25, 0.3) is 0 Å². The minimum absolute atomic E-state index is 0.00546. The van der Waals surface area contributed by atoms with Crippen LogP contribution >= 0.6 is 0 Å². The van der Waals surface area contributed by atoms with Crippen molar-refractivity contribution in [2.75, 3.05) is 26.3 Å². The Labute approximate surface area is 124 Å². The molecule has 0 bridgehead atoms. The monoisotopic (exact) mass is 288 g/mol. The number of rotatable bonds is 4. The van der Waals surface area contributed by atoms with Gasteiger partial charge in [-0.3, -0.25) is 9.78 Å². The Morgan fingerprint density at radius 3 is 3.05 bits per heavy atom. The third kappa shape index (κ3) is 4.03. The van der Waals surface area contributed by atoms with Crippen LogP contribution in [0.15, 0.2) is 18.5 Å². The van der Waals surface area contributed by atoms with Gasteiger partial charge < -0.3 is 15.1 Å². The average molecular weight is 288 g/mol. The summed E-state index contributed by atoms with van der Waals surface area (Å²) in [6, 6.07) is 1.69. The van der Waals surface area contributed by atoms with Gasteiger partial charge in [-0.25, -0.2) is 0 Å². The van der Waals surface area contributed by atoms with Crippen LogP contribution in [0.4, 0.5) is 0 Å². The fourth-order valence-corrected chi connectivity index (χ4v) is 2.50. The van der Waals surface area contributed by atoms with Crippen molar-refractivity contribution in [3.8, 4) is 11.8 Å². The van der Waals surface area contributed by atoms with Gasteiger partial charge in [-0.05, 0) is 24.8 Å². The third-order valence-electron chi connectivity index (χ3n) is 3.62. The first-order valence-corrected chi connectivity index (χ1v) is 7.20. The van der Waals surface area contributed by atoms with Gasteiger partial charge in [0.2, 0.25) is 0 Å². The molecular formula is C16H20N2O3. The van der Waals surface area contributed by atoms with Crippen molar-refractivity contribution in [1.29, 1.82) is 0 Å². The molecule has 1 saturated heterocycles. The summed E-state index contributed by atoms with van der Waals surface area (Å²) in [5.41, 5.74) is 1.15. The van der Waals surface area contributed by atoms with E-state index in [4.69, 9.17) is 10.2 Å². The molecule has 112 valence electrons. The number of aliphatic hydroxyl groups excluding tert-OH is 2. The second kappa shape index (κ2) is 7.77. The number of hydrogen-bond donors (Lipinski definition) is 2. The quantitative estimate of drug-likeness (QED) is 0.798. The molecule has 0 radical (unpaired) electrons. The fraction of sp³-hybridized carbons (Fsp3) is 0.500. The molecular weight excluding hydrogens is 268 g/mol. The lowest BCUT2D eigenvalue weighted by Gasteiger charge is -2.17. The molecule has 1 aliphatic rings. The number of carbonyl (C=O) groups excluding carboxylic acids is 1. The van der Waals surface area contributed by atoms with Gasteiger partial charge in [0.25, 0.3) is 5.91 Å². The lowest BCUT2D eigenvalue weighted by atomic mass is 10.1. The van der Waals surface area contributed by atoms with Gasteiger partial charge in [-0.2, -0.15) is 0 Å². The normalized spacial score (nSPS) is 17.4. The Balaban J connectivity index is 2.11. The molecule has 1 unspecified atom stereocenters. The summed E-state index contributed by atoms with van der Waals surface area (Å²) < 4.78 is 0. The smallest absolute Gasteiger partial charge is 0.255 e. The van der Waals surface area contributed by atoms with Gasteiger partial charge in [0.1, 0.15) is 0 Å². The minimum atomic E-state index is -0.0360. The number of aromatic nitrogens is 1.